The minimum absolute atomic E-state index is 0.0460. The molecule has 1 saturated heterocycles. The number of benzene rings is 3. The summed E-state index contributed by atoms with van der Waals surface area (Å²) >= 11 is 0. The van der Waals surface area contributed by atoms with E-state index in [9.17, 15) is 24.0 Å². The monoisotopic (exact) mass is 628 g/mol. The van der Waals surface area contributed by atoms with E-state index < -0.39 is 29.7 Å². The van der Waals surface area contributed by atoms with E-state index in [0.29, 0.717) is 5.69 Å². The quantitative estimate of drug-likeness (QED) is 0.237. The molecule has 2 N–H and O–H groups in total. The van der Waals surface area contributed by atoms with Crippen molar-refractivity contribution in [3.63, 3.8) is 0 Å². The van der Waals surface area contributed by atoms with Gasteiger partial charge in [0.2, 0.25) is 17.7 Å². The molecule has 2 aliphatic rings. The van der Waals surface area contributed by atoms with Crippen molar-refractivity contribution in [1.29, 1.82) is 0 Å². The van der Waals surface area contributed by atoms with Crippen LogP contribution in [0.15, 0.2) is 85.1 Å². The van der Waals surface area contributed by atoms with E-state index in [1.165, 1.54) is 23.0 Å². The largest absolute Gasteiger partial charge is 0.326 e. The van der Waals surface area contributed by atoms with Gasteiger partial charge in [-0.15, -0.1) is 0 Å². The van der Waals surface area contributed by atoms with E-state index in [4.69, 9.17) is 0 Å². The molecule has 3 aromatic carbocycles. The van der Waals surface area contributed by atoms with Crippen LogP contribution in [0.25, 0.3) is 21.9 Å². The molecule has 1 unspecified atom stereocenters. The highest BCUT2D eigenvalue weighted by Crippen LogP contribution is 2.30. The fraction of sp³-hybridized carbons (Fsp3) is 0.222. The molecule has 0 saturated carbocycles. The van der Waals surface area contributed by atoms with Crippen molar-refractivity contribution in [3.8, 4) is 0 Å². The van der Waals surface area contributed by atoms with Crippen molar-refractivity contribution in [2.45, 2.75) is 38.4 Å². The molecule has 0 bridgehead atoms. The molecule has 0 spiro atoms. The first-order valence-corrected chi connectivity index (χ1v) is 15.5. The lowest BCUT2D eigenvalue weighted by Crippen LogP contribution is -2.54. The number of likely N-dealkylation sites (N-methyl/N-ethyl adjacent to an activating group) is 1. The SMILES string of the molecule is CN(CCn1c2ccccc2c2cccnc21)Cc1ccc(CC(=O)Nc2ccc3c(c2)C(=O)N(C2CCC(=O)NC2=O)C3=O)cc1. The molecule has 0 aliphatic carbocycles. The summed E-state index contributed by atoms with van der Waals surface area (Å²) in [6, 6.07) is 23.8. The molecule has 1 atom stereocenters. The molecule has 2 aromatic heterocycles. The van der Waals surface area contributed by atoms with Gasteiger partial charge in [0.15, 0.2) is 0 Å². The van der Waals surface area contributed by atoms with Gasteiger partial charge < -0.3 is 14.8 Å². The van der Waals surface area contributed by atoms with Gasteiger partial charge >= 0.3 is 0 Å². The van der Waals surface area contributed by atoms with Crippen LogP contribution < -0.4 is 10.6 Å². The molecule has 1 fully saturated rings. The minimum Gasteiger partial charge on any atom is -0.326 e. The van der Waals surface area contributed by atoms with Gasteiger partial charge in [-0.1, -0.05) is 42.5 Å². The first kappa shape index (κ1) is 30.0. The van der Waals surface area contributed by atoms with E-state index in [-0.39, 0.29) is 36.3 Å². The number of hydrogen-bond donors (Lipinski definition) is 2. The van der Waals surface area contributed by atoms with Crippen LogP contribution in [0.2, 0.25) is 0 Å². The van der Waals surface area contributed by atoms with Gasteiger partial charge in [0.05, 0.1) is 23.1 Å². The maximum absolute atomic E-state index is 13.1. The van der Waals surface area contributed by atoms with Crippen LogP contribution in [0.5, 0.6) is 0 Å². The molecular weight excluding hydrogens is 596 g/mol. The van der Waals surface area contributed by atoms with Crippen molar-refractivity contribution < 1.29 is 24.0 Å². The zero-order valence-electron chi connectivity index (χ0n) is 25.7. The van der Waals surface area contributed by atoms with Crippen molar-refractivity contribution in [2.75, 3.05) is 18.9 Å². The maximum Gasteiger partial charge on any atom is 0.262 e. The number of nitrogens with zero attached hydrogens (tertiary/aromatic N) is 4. The minimum atomic E-state index is -1.04. The highest BCUT2D eigenvalue weighted by molar-refractivity contribution is 6.24. The van der Waals surface area contributed by atoms with Crippen molar-refractivity contribution >= 4 is 57.2 Å². The van der Waals surface area contributed by atoms with Crippen molar-refractivity contribution in [2.24, 2.45) is 0 Å². The number of piperidine rings is 1. The maximum atomic E-state index is 13.1. The van der Waals surface area contributed by atoms with Gasteiger partial charge in [-0.25, -0.2) is 4.98 Å². The molecule has 7 rings (SSSR count). The van der Waals surface area contributed by atoms with Crippen LogP contribution in [-0.4, -0.2) is 68.5 Å². The predicted molar refractivity (Wildman–Crippen MR) is 175 cm³/mol. The second kappa shape index (κ2) is 12.3. The Bertz CT molecular complexity index is 2030. The average Bonchev–Trinajstić information content (AvgIpc) is 3.51. The Morgan fingerprint density at radius 3 is 2.47 bits per heavy atom. The summed E-state index contributed by atoms with van der Waals surface area (Å²) in [5.41, 5.74) is 4.76. The summed E-state index contributed by atoms with van der Waals surface area (Å²) in [6.07, 6.45) is 2.08. The average molecular weight is 629 g/mol. The lowest BCUT2D eigenvalue weighted by atomic mass is 10.0. The number of carbonyl (C=O) groups excluding carboxylic acids is 5. The lowest BCUT2D eigenvalue weighted by Gasteiger charge is -2.27. The Balaban J connectivity index is 0.944. The normalized spacial score (nSPS) is 16.3. The topological polar surface area (TPSA) is 134 Å². The molecule has 11 heteroatoms. The fourth-order valence-corrected chi connectivity index (χ4v) is 6.46. The first-order chi connectivity index (χ1) is 22.8. The van der Waals surface area contributed by atoms with Gasteiger partial charge in [-0.05, 0) is 61.0 Å². The van der Waals surface area contributed by atoms with E-state index in [0.717, 1.165) is 46.7 Å². The standard InChI is InChI=1S/C36H32N6O5/c1-40(17-18-41-29-7-3-2-5-25(29)26-6-4-16-37-33(26)41)21-23-10-8-22(9-11-23)19-32(44)38-24-12-13-27-28(20-24)36(47)42(35(27)46)30-14-15-31(43)39-34(30)45/h2-13,16,20,30H,14-15,17-19,21H2,1H3,(H,38,44)(H,39,43,45). The van der Waals surface area contributed by atoms with Gasteiger partial charge in [0.1, 0.15) is 11.7 Å². The molecule has 2 aliphatic heterocycles. The number of fused-ring (bicyclic) bond motifs is 4. The van der Waals surface area contributed by atoms with E-state index >= 15 is 0 Å². The smallest absolute Gasteiger partial charge is 0.262 e. The van der Waals surface area contributed by atoms with Crippen LogP contribution in [0.3, 0.4) is 0 Å². The lowest BCUT2D eigenvalue weighted by molar-refractivity contribution is -0.136. The Kier molecular flexibility index (Phi) is 7.82. The van der Waals surface area contributed by atoms with Crippen molar-refractivity contribution in [3.05, 3.63) is 107 Å². The molecule has 236 valence electrons. The summed E-state index contributed by atoms with van der Waals surface area (Å²) in [5, 5.41) is 7.35. The first-order valence-electron chi connectivity index (χ1n) is 15.5. The van der Waals surface area contributed by atoms with Gasteiger partial charge in [0, 0.05) is 48.7 Å². The molecular formula is C36H32N6O5. The zero-order chi connectivity index (χ0) is 32.7. The number of hydrogen-bond acceptors (Lipinski definition) is 7. The van der Waals surface area contributed by atoms with Crippen LogP contribution in [0, 0.1) is 0 Å². The summed E-state index contributed by atoms with van der Waals surface area (Å²) in [5.74, 6) is -2.58. The van der Waals surface area contributed by atoms with Gasteiger partial charge in [-0.2, -0.15) is 0 Å². The van der Waals surface area contributed by atoms with Crippen molar-refractivity contribution in [1.82, 2.24) is 24.7 Å². The Morgan fingerprint density at radius 1 is 0.915 bits per heavy atom. The number of aromatic nitrogens is 2. The number of para-hydroxylation sites is 1. The zero-order valence-corrected chi connectivity index (χ0v) is 25.7. The highest BCUT2D eigenvalue weighted by Gasteiger charge is 2.44. The second-order valence-corrected chi connectivity index (χ2v) is 12.0. The van der Waals surface area contributed by atoms with Crippen LogP contribution in [0.1, 0.15) is 44.7 Å². The summed E-state index contributed by atoms with van der Waals surface area (Å²) < 4.78 is 2.27. The highest BCUT2D eigenvalue weighted by atomic mass is 16.2. The number of carbonyl (C=O) groups is 5. The number of nitrogens with one attached hydrogen (secondary N) is 2. The molecule has 5 aromatic rings. The third-order valence-corrected chi connectivity index (χ3v) is 8.80. The Morgan fingerprint density at radius 2 is 1.66 bits per heavy atom. The van der Waals surface area contributed by atoms with Crippen LogP contribution in [-0.2, 0) is 33.9 Å². The predicted octanol–water partition coefficient (Wildman–Crippen LogP) is 3.90. The summed E-state index contributed by atoms with van der Waals surface area (Å²) in [6.45, 7) is 2.37. The summed E-state index contributed by atoms with van der Waals surface area (Å²) in [4.78, 5) is 70.5. The van der Waals surface area contributed by atoms with Crippen LogP contribution in [0.4, 0.5) is 5.69 Å². The Hall–Kier alpha value is -5.68. The molecule has 0 radical (unpaired) electrons. The number of pyridine rings is 1. The second-order valence-electron chi connectivity index (χ2n) is 12.0. The van der Waals surface area contributed by atoms with Gasteiger partial charge in [0.25, 0.3) is 11.8 Å². The number of rotatable bonds is 9. The third kappa shape index (κ3) is 5.77. The Labute approximate surface area is 270 Å². The fourth-order valence-electron chi connectivity index (χ4n) is 6.46. The number of imide groups is 2. The molecule has 5 amide bonds. The molecule has 47 heavy (non-hydrogen) atoms. The van der Waals surface area contributed by atoms with E-state index in [1.54, 1.807) is 6.07 Å². The third-order valence-electron chi connectivity index (χ3n) is 8.80. The van der Waals surface area contributed by atoms with E-state index in [2.05, 4.69) is 62.5 Å². The summed E-state index contributed by atoms with van der Waals surface area (Å²) in [7, 11) is 2.08. The molecule has 4 heterocycles. The number of amides is 5. The van der Waals surface area contributed by atoms with Gasteiger partial charge in [-0.3, -0.25) is 34.2 Å². The van der Waals surface area contributed by atoms with Crippen LogP contribution >= 0.6 is 0 Å². The molecule has 11 nitrogen and oxygen atoms in total. The van der Waals surface area contributed by atoms with E-state index in [1.807, 2.05) is 36.5 Å². The number of anilines is 1.